The second-order valence-electron chi connectivity index (χ2n) is 5.91. The molecule has 0 saturated carbocycles. The molecule has 0 spiro atoms. The average molecular weight is 465 g/mol. The molecule has 30 heavy (non-hydrogen) atoms. The number of carbonyl (C=O) groups excluding carboxylic acids is 3. The summed E-state index contributed by atoms with van der Waals surface area (Å²) in [7, 11) is 0. The van der Waals surface area contributed by atoms with Crippen molar-refractivity contribution >= 4 is 70.0 Å². The highest BCUT2D eigenvalue weighted by atomic mass is 35.5. The third kappa shape index (κ3) is 8.60. The van der Waals surface area contributed by atoms with E-state index in [1.54, 1.807) is 18.2 Å². The number of hydrazine groups is 1. The Morgan fingerprint density at radius 3 is 2.33 bits per heavy atom. The summed E-state index contributed by atoms with van der Waals surface area (Å²) in [6.45, 7) is 0. The molecule has 0 fully saturated rings. The first-order valence-electron chi connectivity index (χ1n) is 8.71. The Morgan fingerprint density at radius 1 is 0.933 bits per heavy atom. The van der Waals surface area contributed by atoms with Crippen LogP contribution in [-0.2, 0) is 14.4 Å². The van der Waals surface area contributed by atoms with Crippen LogP contribution in [0.5, 0.6) is 0 Å². The molecule has 0 radical (unpaired) electrons. The quantitative estimate of drug-likeness (QED) is 0.298. The monoisotopic (exact) mass is 464 g/mol. The number of hydrogen-bond donors (Lipinski definition) is 4. The Morgan fingerprint density at radius 2 is 1.63 bits per heavy atom. The standard InChI is InChI=1S/C20H18Cl2N4O3S/c21-14-7-8-16(15(22)12-14)23-17(27)10-11-19(29)25-26-20(30)24-18(28)9-6-13-4-2-1-3-5-13/h1-9,12H,10-11H2,(H,23,27)(H,25,29)(H2,24,26,28,30). The van der Waals surface area contributed by atoms with Crippen molar-refractivity contribution in [1.82, 2.24) is 16.2 Å². The van der Waals surface area contributed by atoms with Crippen molar-refractivity contribution < 1.29 is 14.4 Å². The van der Waals surface area contributed by atoms with E-state index in [9.17, 15) is 14.4 Å². The summed E-state index contributed by atoms with van der Waals surface area (Å²) in [6, 6.07) is 13.9. The van der Waals surface area contributed by atoms with Crippen LogP contribution in [-0.4, -0.2) is 22.8 Å². The van der Waals surface area contributed by atoms with Crippen LogP contribution in [0, 0.1) is 0 Å². The molecule has 0 aliphatic carbocycles. The summed E-state index contributed by atoms with van der Waals surface area (Å²) >= 11 is 16.7. The maximum atomic E-state index is 11.9. The molecule has 2 aromatic rings. The Hall–Kier alpha value is -2.94. The summed E-state index contributed by atoms with van der Waals surface area (Å²) in [5, 5.41) is 5.64. The van der Waals surface area contributed by atoms with E-state index in [0.717, 1.165) is 5.56 Å². The number of halogens is 2. The lowest BCUT2D eigenvalue weighted by molar-refractivity contribution is -0.124. The van der Waals surface area contributed by atoms with Gasteiger partial charge in [-0.05, 0) is 42.1 Å². The lowest BCUT2D eigenvalue weighted by atomic mass is 10.2. The number of thiocarbonyl (C=S) groups is 1. The lowest BCUT2D eigenvalue weighted by Crippen LogP contribution is -2.48. The normalized spacial score (nSPS) is 10.3. The number of amides is 3. The van der Waals surface area contributed by atoms with E-state index < -0.39 is 17.7 Å². The molecule has 2 aromatic carbocycles. The minimum absolute atomic E-state index is 0.0780. The first kappa shape index (κ1) is 23.3. The van der Waals surface area contributed by atoms with Crippen LogP contribution in [0.4, 0.5) is 5.69 Å². The third-order valence-electron chi connectivity index (χ3n) is 3.56. The van der Waals surface area contributed by atoms with Crippen LogP contribution in [0.15, 0.2) is 54.6 Å². The fraction of sp³-hybridized carbons (Fsp3) is 0.100. The summed E-state index contributed by atoms with van der Waals surface area (Å²) in [5.41, 5.74) is 5.97. The van der Waals surface area contributed by atoms with Gasteiger partial charge < -0.3 is 5.32 Å². The molecular formula is C20H18Cl2N4O3S. The van der Waals surface area contributed by atoms with E-state index in [-0.39, 0.29) is 18.0 Å². The van der Waals surface area contributed by atoms with Crippen molar-refractivity contribution in [2.24, 2.45) is 0 Å². The van der Waals surface area contributed by atoms with Gasteiger partial charge in [-0.1, -0.05) is 53.5 Å². The molecule has 0 atom stereocenters. The molecule has 7 nitrogen and oxygen atoms in total. The highest BCUT2D eigenvalue weighted by Gasteiger charge is 2.10. The van der Waals surface area contributed by atoms with E-state index in [1.165, 1.54) is 12.1 Å². The SMILES string of the molecule is O=C(C=Cc1ccccc1)NC(=S)NNC(=O)CCC(=O)Nc1ccc(Cl)cc1Cl. The summed E-state index contributed by atoms with van der Waals surface area (Å²) < 4.78 is 0. The van der Waals surface area contributed by atoms with Crippen LogP contribution in [0.25, 0.3) is 6.08 Å². The smallest absolute Gasteiger partial charge is 0.250 e. The summed E-state index contributed by atoms with van der Waals surface area (Å²) in [4.78, 5) is 35.6. The third-order valence-corrected chi connectivity index (χ3v) is 4.32. The summed E-state index contributed by atoms with van der Waals surface area (Å²) in [5.74, 6) is -1.33. The van der Waals surface area contributed by atoms with Gasteiger partial charge in [0, 0.05) is 23.9 Å². The Balaban J connectivity index is 1.67. The van der Waals surface area contributed by atoms with Crippen LogP contribution in [0.2, 0.25) is 10.0 Å². The van der Waals surface area contributed by atoms with Gasteiger partial charge in [0.15, 0.2) is 5.11 Å². The first-order valence-corrected chi connectivity index (χ1v) is 9.88. The Kier molecular flexibility index (Phi) is 9.27. The number of benzene rings is 2. The van der Waals surface area contributed by atoms with E-state index in [0.29, 0.717) is 15.7 Å². The maximum absolute atomic E-state index is 11.9. The average Bonchev–Trinajstić information content (AvgIpc) is 2.72. The number of carbonyl (C=O) groups is 3. The van der Waals surface area contributed by atoms with E-state index >= 15 is 0 Å². The number of rotatable bonds is 6. The van der Waals surface area contributed by atoms with Crippen molar-refractivity contribution in [2.45, 2.75) is 12.8 Å². The van der Waals surface area contributed by atoms with Crippen molar-refractivity contribution in [3.63, 3.8) is 0 Å². The zero-order valence-corrected chi connectivity index (χ0v) is 17.9. The largest absolute Gasteiger partial charge is 0.325 e. The molecule has 0 heterocycles. The van der Waals surface area contributed by atoms with Crippen LogP contribution < -0.4 is 21.5 Å². The number of hydrogen-bond acceptors (Lipinski definition) is 4. The molecular weight excluding hydrogens is 447 g/mol. The fourth-order valence-corrected chi connectivity index (χ4v) is 2.75. The summed E-state index contributed by atoms with van der Waals surface area (Å²) in [6.07, 6.45) is 2.76. The molecule has 4 N–H and O–H groups in total. The molecule has 0 aliphatic rings. The zero-order chi connectivity index (χ0) is 21.9. The fourth-order valence-electron chi connectivity index (χ4n) is 2.14. The topological polar surface area (TPSA) is 99.3 Å². The van der Waals surface area contributed by atoms with Crippen LogP contribution in [0.3, 0.4) is 0 Å². The lowest BCUT2D eigenvalue weighted by Gasteiger charge is -2.10. The highest BCUT2D eigenvalue weighted by Crippen LogP contribution is 2.25. The Bertz CT molecular complexity index is 968. The molecule has 10 heteroatoms. The van der Waals surface area contributed by atoms with E-state index in [4.69, 9.17) is 35.4 Å². The molecule has 0 bridgehead atoms. The predicted octanol–water partition coefficient (Wildman–Crippen LogP) is 3.45. The van der Waals surface area contributed by atoms with Gasteiger partial charge in [-0.2, -0.15) is 0 Å². The van der Waals surface area contributed by atoms with Crippen LogP contribution >= 0.6 is 35.4 Å². The van der Waals surface area contributed by atoms with Gasteiger partial charge in [0.2, 0.25) is 17.7 Å². The molecule has 2 rings (SSSR count). The minimum Gasteiger partial charge on any atom is -0.325 e. The zero-order valence-electron chi connectivity index (χ0n) is 15.6. The van der Waals surface area contributed by atoms with Crippen molar-refractivity contribution in [3.05, 3.63) is 70.2 Å². The van der Waals surface area contributed by atoms with Crippen LogP contribution in [0.1, 0.15) is 18.4 Å². The van der Waals surface area contributed by atoms with Gasteiger partial charge in [0.05, 0.1) is 10.7 Å². The van der Waals surface area contributed by atoms with E-state index in [2.05, 4.69) is 21.5 Å². The Labute approximate surface area is 188 Å². The first-order chi connectivity index (χ1) is 14.3. The highest BCUT2D eigenvalue weighted by molar-refractivity contribution is 7.80. The number of anilines is 1. The van der Waals surface area contributed by atoms with Gasteiger partial charge in [0.1, 0.15) is 0 Å². The molecule has 156 valence electrons. The molecule has 3 amide bonds. The van der Waals surface area contributed by atoms with Gasteiger partial charge in [0.25, 0.3) is 0 Å². The maximum Gasteiger partial charge on any atom is 0.250 e. The molecule has 0 saturated heterocycles. The van der Waals surface area contributed by atoms with Gasteiger partial charge >= 0.3 is 0 Å². The van der Waals surface area contributed by atoms with Crippen molar-refractivity contribution in [1.29, 1.82) is 0 Å². The number of nitrogens with one attached hydrogen (secondary N) is 4. The van der Waals surface area contributed by atoms with Gasteiger partial charge in [-0.15, -0.1) is 0 Å². The van der Waals surface area contributed by atoms with Gasteiger partial charge in [-0.25, -0.2) is 0 Å². The van der Waals surface area contributed by atoms with Gasteiger partial charge in [-0.3, -0.25) is 30.6 Å². The minimum atomic E-state index is -0.483. The second kappa shape index (κ2) is 11.9. The molecule has 0 unspecified atom stereocenters. The van der Waals surface area contributed by atoms with Crippen molar-refractivity contribution in [3.8, 4) is 0 Å². The van der Waals surface area contributed by atoms with Crippen molar-refractivity contribution in [2.75, 3.05) is 5.32 Å². The predicted molar refractivity (Wildman–Crippen MR) is 122 cm³/mol. The second-order valence-corrected chi connectivity index (χ2v) is 7.16. The molecule has 0 aliphatic heterocycles. The van der Waals surface area contributed by atoms with E-state index in [1.807, 2.05) is 30.3 Å². The molecule has 0 aromatic heterocycles.